The largest absolute Gasteiger partial charge is 0.395 e. The summed E-state index contributed by atoms with van der Waals surface area (Å²) in [7, 11) is 0. The highest BCUT2D eigenvalue weighted by Crippen LogP contribution is 2.26. The second-order valence-corrected chi connectivity index (χ2v) is 5.12. The van der Waals surface area contributed by atoms with Gasteiger partial charge in [0, 0.05) is 4.47 Å². The zero-order chi connectivity index (χ0) is 14.7. The monoisotopic (exact) mass is 340 g/mol. The minimum Gasteiger partial charge on any atom is -0.395 e. The number of para-hydroxylation sites is 1. The number of benzene rings is 1. The fraction of sp³-hybridized carbons (Fsp3) is 0.231. The molecule has 0 aliphatic carbocycles. The van der Waals surface area contributed by atoms with Crippen LogP contribution in [-0.4, -0.2) is 16.1 Å². The minimum atomic E-state index is -0.549. The maximum absolute atomic E-state index is 13.6. The van der Waals surface area contributed by atoms with Gasteiger partial charge in [-0.05, 0) is 34.5 Å². The molecule has 0 unspecified atom stereocenters. The van der Waals surface area contributed by atoms with Crippen LogP contribution < -0.4 is 11.1 Å². The quantitative estimate of drug-likeness (QED) is 0.799. The van der Waals surface area contributed by atoms with E-state index >= 15 is 0 Å². The molecule has 1 aromatic carbocycles. The Morgan fingerprint density at radius 3 is 2.95 bits per heavy atom. The summed E-state index contributed by atoms with van der Waals surface area (Å²) < 4.78 is 14.1. The van der Waals surface area contributed by atoms with Gasteiger partial charge in [-0.3, -0.25) is 9.89 Å². The van der Waals surface area contributed by atoms with Gasteiger partial charge < -0.3 is 11.1 Å². The molecule has 106 valence electrons. The van der Waals surface area contributed by atoms with Gasteiger partial charge >= 0.3 is 0 Å². The molecule has 0 fully saturated rings. The summed E-state index contributed by atoms with van der Waals surface area (Å²) in [5.41, 5.74) is 7.02. The Hall–Kier alpha value is -1.89. The van der Waals surface area contributed by atoms with Crippen LogP contribution in [0, 0.1) is 5.82 Å². The van der Waals surface area contributed by atoms with Gasteiger partial charge in [0.1, 0.15) is 5.82 Å². The number of nitrogens with one attached hydrogen (secondary N) is 2. The minimum absolute atomic E-state index is 0.0666. The predicted octanol–water partition coefficient (Wildman–Crippen LogP) is 3.10. The molecular weight excluding hydrogens is 327 g/mol. The van der Waals surface area contributed by atoms with Crippen molar-refractivity contribution in [2.24, 2.45) is 0 Å². The van der Waals surface area contributed by atoms with Crippen molar-refractivity contribution in [3.8, 4) is 0 Å². The lowest BCUT2D eigenvalue weighted by Gasteiger charge is -2.07. The van der Waals surface area contributed by atoms with Crippen LogP contribution in [0.1, 0.15) is 29.5 Å². The summed E-state index contributed by atoms with van der Waals surface area (Å²) in [5, 5.41) is 9.09. The third-order valence-electron chi connectivity index (χ3n) is 2.80. The van der Waals surface area contributed by atoms with Crippen molar-refractivity contribution in [1.82, 2.24) is 10.2 Å². The predicted molar refractivity (Wildman–Crippen MR) is 79.0 cm³/mol. The molecule has 0 aliphatic rings. The molecule has 0 bridgehead atoms. The maximum Gasteiger partial charge on any atom is 0.278 e. The van der Waals surface area contributed by atoms with Crippen molar-refractivity contribution < 1.29 is 9.18 Å². The van der Waals surface area contributed by atoms with Crippen LogP contribution in [0.15, 0.2) is 22.7 Å². The molecule has 2 rings (SSSR count). The van der Waals surface area contributed by atoms with E-state index in [0.29, 0.717) is 22.3 Å². The van der Waals surface area contributed by atoms with Crippen molar-refractivity contribution in [2.75, 3.05) is 11.1 Å². The van der Waals surface area contributed by atoms with Crippen LogP contribution >= 0.6 is 15.9 Å². The number of carbonyl (C=O) groups is 1. The maximum atomic E-state index is 13.6. The van der Waals surface area contributed by atoms with E-state index in [1.807, 2.05) is 6.92 Å². The Labute approximate surface area is 123 Å². The van der Waals surface area contributed by atoms with E-state index in [-0.39, 0.29) is 11.4 Å². The molecule has 1 amide bonds. The summed E-state index contributed by atoms with van der Waals surface area (Å²) in [6.45, 7) is 2.00. The fourth-order valence-corrected chi connectivity index (χ4v) is 2.23. The third-order valence-corrected chi connectivity index (χ3v) is 3.46. The van der Waals surface area contributed by atoms with E-state index in [0.717, 1.165) is 6.42 Å². The van der Waals surface area contributed by atoms with Gasteiger partial charge in [0.2, 0.25) is 0 Å². The zero-order valence-electron chi connectivity index (χ0n) is 10.8. The number of amides is 1. The molecule has 1 aromatic heterocycles. The van der Waals surface area contributed by atoms with E-state index < -0.39 is 11.7 Å². The molecular formula is C13H14BrFN4O. The van der Waals surface area contributed by atoms with Gasteiger partial charge in [-0.15, -0.1) is 0 Å². The second-order valence-electron chi connectivity index (χ2n) is 4.27. The Kier molecular flexibility index (Phi) is 4.39. The number of carbonyl (C=O) groups excluding carboxylic acids is 1. The first kappa shape index (κ1) is 14.5. The molecule has 1 heterocycles. The number of hydrogen-bond donors (Lipinski definition) is 3. The number of H-pyrrole nitrogens is 1. The van der Waals surface area contributed by atoms with Gasteiger partial charge in [0.05, 0.1) is 17.1 Å². The summed E-state index contributed by atoms with van der Waals surface area (Å²) in [6.07, 6.45) is 1.59. The van der Waals surface area contributed by atoms with Crippen LogP contribution in [0.5, 0.6) is 0 Å². The number of aromatic nitrogens is 2. The molecule has 5 nitrogen and oxygen atoms in total. The zero-order valence-corrected chi connectivity index (χ0v) is 12.4. The number of anilines is 2. The fourth-order valence-electron chi connectivity index (χ4n) is 1.79. The first-order valence-corrected chi connectivity index (χ1v) is 6.92. The van der Waals surface area contributed by atoms with Crippen LogP contribution in [0.4, 0.5) is 15.8 Å². The first-order valence-electron chi connectivity index (χ1n) is 6.12. The summed E-state index contributed by atoms with van der Waals surface area (Å²) >= 11 is 3.18. The number of nitrogen functional groups attached to an aromatic ring is 1. The summed E-state index contributed by atoms with van der Waals surface area (Å²) in [5.74, 6) is -1.08. The summed E-state index contributed by atoms with van der Waals surface area (Å²) in [6, 6.07) is 4.43. The van der Waals surface area contributed by atoms with Crippen molar-refractivity contribution in [3.63, 3.8) is 0 Å². The number of aryl methyl sites for hydroxylation is 1. The van der Waals surface area contributed by atoms with E-state index in [4.69, 9.17) is 5.73 Å². The average Bonchev–Trinajstić information content (AvgIpc) is 2.76. The number of hydrogen-bond acceptors (Lipinski definition) is 3. The molecule has 0 radical (unpaired) electrons. The highest BCUT2D eigenvalue weighted by molar-refractivity contribution is 9.10. The number of aromatic amines is 1. The molecule has 0 saturated heterocycles. The molecule has 2 aromatic rings. The smallest absolute Gasteiger partial charge is 0.278 e. The average molecular weight is 341 g/mol. The number of halogens is 2. The number of nitrogens with two attached hydrogens (primary N) is 1. The highest BCUT2D eigenvalue weighted by atomic mass is 79.9. The standard InChI is InChI=1S/C13H14BrFN4O/c1-2-4-9-10(16)12(19-18-9)13(20)17-11-7(14)5-3-6-8(11)15/h3,5-6H,2,4,16H2,1H3,(H,17,20)(H,18,19). The topological polar surface area (TPSA) is 83.8 Å². The molecule has 7 heteroatoms. The lowest BCUT2D eigenvalue weighted by molar-refractivity contribution is 0.102. The molecule has 4 N–H and O–H groups in total. The third kappa shape index (κ3) is 2.82. The van der Waals surface area contributed by atoms with Crippen LogP contribution in [-0.2, 0) is 6.42 Å². The molecule has 0 saturated carbocycles. The molecule has 0 atom stereocenters. The Bertz CT molecular complexity index is 621. The van der Waals surface area contributed by atoms with Crippen LogP contribution in [0.2, 0.25) is 0 Å². The second kappa shape index (κ2) is 6.04. The van der Waals surface area contributed by atoms with Gasteiger partial charge in [-0.1, -0.05) is 19.4 Å². The molecule has 0 aliphatic heterocycles. The van der Waals surface area contributed by atoms with Crippen LogP contribution in [0.3, 0.4) is 0 Å². The normalized spacial score (nSPS) is 10.6. The van der Waals surface area contributed by atoms with Crippen molar-refractivity contribution in [1.29, 1.82) is 0 Å². The SMILES string of the molecule is CCCc1[nH]nc(C(=O)Nc2c(F)cccc2Br)c1N. The van der Waals surface area contributed by atoms with Crippen LogP contribution in [0.25, 0.3) is 0 Å². The van der Waals surface area contributed by atoms with E-state index in [1.54, 1.807) is 6.07 Å². The van der Waals surface area contributed by atoms with Gasteiger partial charge in [0.15, 0.2) is 5.69 Å². The molecule has 0 spiro atoms. The van der Waals surface area contributed by atoms with E-state index in [9.17, 15) is 9.18 Å². The number of nitrogens with zero attached hydrogens (tertiary/aromatic N) is 1. The number of rotatable bonds is 4. The first-order chi connectivity index (χ1) is 9.54. The Balaban J connectivity index is 2.25. The van der Waals surface area contributed by atoms with E-state index in [1.165, 1.54) is 12.1 Å². The molecule has 20 heavy (non-hydrogen) atoms. The Morgan fingerprint density at radius 2 is 2.30 bits per heavy atom. The van der Waals surface area contributed by atoms with E-state index in [2.05, 4.69) is 31.4 Å². The van der Waals surface area contributed by atoms with Crippen molar-refractivity contribution >= 4 is 33.2 Å². The van der Waals surface area contributed by atoms with Crippen molar-refractivity contribution in [2.45, 2.75) is 19.8 Å². The highest BCUT2D eigenvalue weighted by Gasteiger charge is 2.19. The van der Waals surface area contributed by atoms with Crippen molar-refractivity contribution in [3.05, 3.63) is 39.9 Å². The Morgan fingerprint density at radius 1 is 1.55 bits per heavy atom. The van der Waals surface area contributed by atoms with Gasteiger partial charge in [-0.25, -0.2) is 4.39 Å². The van der Waals surface area contributed by atoms with Gasteiger partial charge in [0.25, 0.3) is 5.91 Å². The van der Waals surface area contributed by atoms with Gasteiger partial charge in [-0.2, -0.15) is 5.10 Å². The summed E-state index contributed by atoms with van der Waals surface area (Å²) in [4.78, 5) is 12.1. The lowest BCUT2D eigenvalue weighted by atomic mass is 10.2. The lowest BCUT2D eigenvalue weighted by Crippen LogP contribution is -2.15.